The van der Waals surface area contributed by atoms with Gasteiger partial charge < -0.3 is 5.73 Å². The fourth-order valence-electron chi connectivity index (χ4n) is 1.38. The molecular formula is C9H22N2. The Hall–Kier alpha value is -0.0800. The van der Waals surface area contributed by atoms with Gasteiger partial charge in [0.25, 0.3) is 0 Å². The number of nitrogens with two attached hydrogens (primary N) is 1. The Morgan fingerprint density at radius 2 is 1.82 bits per heavy atom. The summed E-state index contributed by atoms with van der Waals surface area (Å²) in [5, 5.41) is 0. The average Bonchev–Trinajstić information content (AvgIpc) is 1.98. The molecule has 0 heterocycles. The van der Waals surface area contributed by atoms with E-state index in [-0.39, 0.29) is 0 Å². The van der Waals surface area contributed by atoms with Crippen LogP contribution in [0.1, 0.15) is 34.1 Å². The molecule has 2 heteroatoms. The van der Waals surface area contributed by atoms with Gasteiger partial charge in [-0.2, -0.15) is 0 Å². The van der Waals surface area contributed by atoms with E-state index in [1.165, 1.54) is 6.42 Å². The minimum Gasteiger partial charge on any atom is -0.329 e. The summed E-state index contributed by atoms with van der Waals surface area (Å²) >= 11 is 0. The van der Waals surface area contributed by atoms with Crippen LogP contribution in [0, 0.1) is 0 Å². The van der Waals surface area contributed by atoms with Crippen molar-refractivity contribution in [2.45, 2.75) is 46.2 Å². The van der Waals surface area contributed by atoms with Gasteiger partial charge in [-0.1, -0.05) is 6.92 Å². The van der Waals surface area contributed by atoms with Gasteiger partial charge in [0.05, 0.1) is 0 Å². The van der Waals surface area contributed by atoms with Crippen molar-refractivity contribution < 1.29 is 0 Å². The normalized spacial score (nSPS) is 14.5. The molecule has 0 aliphatic rings. The first-order valence-corrected chi connectivity index (χ1v) is 4.59. The van der Waals surface area contributed by atoms with Gasteiger partial charge in [0, 0.05) is 18.6 Å². The summed E-state index contributed by atoms with van der Waals surface area (Å²) in [6.45, 7) is 10.8. The van der Waals surface area contributed by atoms with E-state index in [4.69, 9.17) is 5.73 Å². The summed E-state index contributed by atoms with van der Waals surface area (Å²) in [6.07, 6.45) is 1.21. The Morgan fingerprint density at radius 1 is 1.27 bits per heavy atom. The van der Waals surface area contributed by atoms with Crippen LogP contribution in [0.3, 0.4) is 0 Å². The molecule has 0 bridgehead atoms. The SMILES string of the molecule is CCCN(C(C)C)C(C)CN. The second kappa shape index (κ2) is 5.56. The van der Waals surface area contributed by atoms with Crippen LogP contribution in [0.25, 0.3) is 0 Å². The van der Waals surface area contributed by atoms with Gasteiger partial charge in [0.15, 0.2) is 0 Å². The molecule has 0 aliphatic carbocycles. The highest BCUT2D eigenvalue weighted by molar-refractivity contribution is 4.70. The molecule has 0 radical (unpaired) electrons. The Labute approximate surface area is 70.8 Å². The largest absolute Gasteiger partial charge is 0.329 e. The number of hydrogen-bond acceptors (Lipinski definition) is 2. The highest BCUT2D eigenvalue weighted by Crippen LogP contribution is 2.04. The Bertz CT molecular complexity index is 91.6. The minimum atomic E-state index is 0.523. The molecule has 0 aromatic carbocycles. The van der Waals surface area contributed by atoms with Crippen LogP contribution >= 0.6 is 0 Å². The third-order valence-electron chi connectivity index (χ3n) is 2.05. The lowest BCUT2D eigenvalue weighted by Crippen LogP contribution is -2.43. The molecule has 0 rings (SSSR count). The van der Waals surface area contributed by atoms with Crippen LogP contribution < -0.4 is 5.73 Å². The lowest BCUT2D eigenvalue weighted by atomic mass is 10.2. The third kappa shape index (κ3) is 3.73. The van der Waals surface area contributed by atoms with Crippen LogP contribution in [0.4, 0.5) is 0 Å². The maximum Gasteiger partial charge on any atom is 0.0192 e. The van der Waals surface area contributed by atoms with Gasteiger partial charge in [0.1, 0.15) is 0 Å². The Kier molecular flexibility index (Phi) is 5.51. The predicted molar refractivity (Wildman–Crippen MR) is 50.6 cm³/mol. The van der Waals surface area contributed by atoms with Crippen molar-refractivity contribution >= 4 is 0 Å². The molecule has 0 aliphatic heterocycles. The molecule has 11 heavy (non-hydrogen) atoms. The first-order valence-electron chi connectivity index (χ1n) is 4.59. The summed E-state index contributed by atoms with van der Waals surface area (Å²) in [7, 11) is 0. The smallest absolute Gasteiger partial charge is 0.0192 e. The summed E-state index contributed by atoms with van der Waals surface area (Å²) in [6, 6.07) is 1.14. The Morgan fingerprint density at radius 3 is 2.09 bits per heavy atom. The van der Waals surface area contributed by atoms with Crippen molar-refractivity contribution in [1.29, 1.82) is 0 Å². The highest BCUT2D eigenvalue weighted by atomic mass is 15.2. The van der Waals surface area contributed by atoms with E-state index in [0.717, 1.165) is 13.1 Å². The van der Waals surface area contributed by atoms with Gasteiger partial charge in [-0.15, -0.1) is 0 Å². The molecule has 0 fully saturated rings. The molecule has 0 saturated heterocycles. The predicted octanol–water partition coefficient (Wildman–Crippen LogP) is 1.45. The standard InChI is InChI=1S/C9H22N2/c1-5-6-11(8(2)3)9(4)7-10/h8-9H,5-7,10H2,1-4H3. The first-order chi connectivity index (χ1) is 5.13. The fourth-order valence-corrected chi connectivity index (χ4v) is 1.38. The van der Waals surface area contributed by atoms with Crippen molar-refractivity contribution in [2.24, 2.45) is 5.73 Å². The second-order valence-electron chi connectivity index (χ2n) is 3.42. The average molecular weight is 158 g/mol. The zero-order valence-electron chi connectivity index (χ0n) is 8.30. The molecule has 2 nitrogen and oxygen atoms in total. The van der Waals surface area contributed by atoms with Crippen LogP contribution in [-0.4, -0.2) is 30.1 Å². The summed E-state index contributed by atoms with van der Waals surface area (Å²) in [4.78, 5) is 2.44. The van der Waals surface area contributed by atoms with Crippen LogP contribution in [-0.2, 0) is 0 Å². The monoisotopic (exact) mass is 158 g/mol. The summed E-state index contributed by atoms with van der Waals surface area (Å²) in [5.41, 5.74) is 5.60. The molecule has 0 aromatic heterocycles. The third-order valence-corrected chi connectivity index (χ3v) is 2.05. The second-order valence-corrected chi connectivity index (χ2v) is 3.42. The quantitative estimate of drug-likeness (QED) is 0.656. The van der Waals surface area contributed by atoms with E-state index in [1.807, 2.05) is 0 Å². The molecular weight excluding hydrogens is 136 g/mol. The molecule has 0 aromatic rings. The van der Waals surface area contributed by atoms with Crippen LogP contribution in [0.15, 0.2) is 0 Å². The van der Waals surface area contributed by atoms with Crippen molar-refractivity contribution in [3.8, 4) is 0 Å². The lowest BCUT2D eigenvalue weighted by molar-refractivity contribution is 0.168. The topological polar surface area (TPSA) is 29.3 Å². The van der Waals surface area contributed by atoms with E-state index in [0.29, 0.717) is 12.1 Å². The molecule has 0 spiro atoms. The van der Waals surface area contributed by atoms with Crippen LogP contribution in [0.2, 0.25) is 0 Å². The van der Waals surface area contributed by atoms with Gasteiger partial charge in [-0.05, 0) is 33.7 Å². The van der Waals surface area contributed by atoms with E-state index in [2.05, 4.69) is 32.6 Å². The zero-order valence-corrected chi connectivity index (χ0v) is 8.30. The van der Waals surface area contributed by atoms with Crippen LogP contribution in [0.5, 0.6) is 0 Å². The molecule has 1 atom stereocenters. The van der Waals surface area contributed by atoms with Gasteiger partial charge in [-0.3, -0.25) is 4.90 Å². The minimum absolute atomic E-state index is 0.523. The number of hydrogen-bond donors (Lipinski definition) is 1. The molecule has 0 amide bonds. The molecule has 1 unspecified atom stereocenters. The molecule has 0 saturated carbocycles. The van der Waals surface area contributed by atoms with Gasteiger partial charge in [-0.25, -0.2) is 0 Å². The molecule has 2 N–H and O–H groups in total. The maximum atomic E-state index is 5.60. The maximum absolute atomic E-state index is 5.60. The van der Waals surface area contributed by atoms with Gasteiger partial charge >= 0.3 is 0 Å². The van der Waals surface area contributed by atoms with E-state index < -0.39 is 0 Å². The fraction of sp³-hybridized carbons (Fsp3) is 1.00. The molecule has 68 valence electrons. The summed E-state index contributed by atoms with van der Waals surface area (Å²) < 4.78 is 0. The zero-order chi connectivity index (χ0) is 8.85. The number of nitrogens with zero attached hydrogens (tertiary/aromatic N) is 1. The van der Waals surface area contributed by atoms with Crippen molar-refractivity contribution in [3.63, 3.8) is 0 Å². The van der Waals surface area contributed by atoms with Crippen molar-refractivity contribution in [1.82, 2.24) is 4.90 Å². The summed E-state index contributed by atoms with van der Waals surface area (Å²) in [5.74, 6) is 0. The Balaban J connectivity index is 3.87. The lowest BCUT2D eigenvalue weighted by Gasteiger charge is -2.31. The van der Waals surface area contributed by atoms with E-state index >= 15 is 0 Å². The highest BCUT2D eigenvalue weighted by Gasteiger charge is 2.13. The number of rotatable bonds is 5. The first kappa shape index (κ1) is 10.9. The van der Waals surface area contributed by atoms with Crippen molar-refractivity contribution in [2.75, 3.05) is 13.1 Å². The van der Waals surface area contributed by atoms with E-state index in [1.54, 1.807) is 0 Å². The van der Waals surface area contributed by atoms with E-state index in [9.17, 15) is 0 Å². The van der Waals surface area contributed by atoms with Gasteiger partial charge in [0.2, 0.25) is 0 Å². The van der Waals surface area contributed by atoms with Crippen molar-refractivity contribution in [3.05, 3.63) is 0 Å².